The van der Waals surface area contributed by atoms with Crippen LogP contribution in [0.5, 0.6) is 0 Å². The zero-order valence-electron chi connectivity index (χ0n) is 12.5. The summed E-state index contributed by atoms with van der Waals surface area (Å²) >= 11 is 0. The summed E-state index contributed by atoms with van der Waals surface area (Å²) in [6, 6.07) is 1.99. The van der Waals surface area contributed by atoms with E-state index in [1.165, 1.54) is 32.1 Å². The van der Waals surface area contributed by atoms with Crippen molar-refractivity contribution in [3.8, 4) is 0 Å². The topological polar surface area (TPSA) is 44.4 Å². The number of amides is 1. The van der Waals surface area contributed by atoms with E-state index >= 15 is 0 Å². The van der Waals surface area contributed by atoms with Gasteiger partial charge in [0.2, 0.25) is 5.91 Å². The van der Waals surface area contributed by atoms with Gasteiger partial charge in [-0.3, -0.25) is 4.79 Å². The Bertz CT molecular complexity index is 281. The Balaban J connectivity index is 1.68. The van der Waals surface area contributed by atoms with Crippen LogP contribution in [-0.2, 0) is 4.79 Å². The molecule has 110 valence electrons. The lowest BCUT2D eigenvalue weighted by atomic mass is 9.82. The molecular formula is C15H29N3O. The monoisotopic (exact) mass is 267 g/mol. The molecule has 2 heterocycles. The SMILES string of the molecule is CCCCNC(=O)CNC1CC2CCCC(C1)N2C. The highest BCUT2D eigenvalue weighted by Gasteiger charge is 2.35. The van der Waals surface area contributed by atoms with Gasteiger partial charge < -0.3 is 15.5 Å². The maximum absolute atomic E-state index is 11.7. The minimum absolute atomic E-state index is 0.150. The molecule has 0 spiro atoms. The number of carbonyl (C=O) groups is 1. The highest BCUT2D eigenvalue weighted by Crippen LogP contribution is 2.32. The van der Waals surface area contributed by atoms with E-state index in [0.717, 1.165) is 31.5 Å². The third kappa shape index (κ3) is 4.18. The van der Waals surface area contributed by atoms with Gasteiger partial charge >= 0.3 is 0 Å². The van der Waals surface area contributed by atoms with Crippen molar-refractivity contribution < 1.29 is 4.79 Å². The molecule has 0 radical (unpaired) electrons. The number of rotatable bonds is 6. The number of piperidine rings is 2. The smallest absolute Gasteiger partial charge is 0.233 e. The van der Waals surface area contributed by atoms with E-state index in [0.29, 0.717) is 12.6 Å². The maximum atomic E-state index is 11.7. The Morgan fingerprint density at radius 1 is 1.26 bits per heavy atom. The van der Waals surface area contributed by atoms with Crippen molar-refractivity contribution in [1.82, 2.24) is 15.5 Å². The van der Waals surface area contributed by atoms with Crippen molar-refractivity contribution in [3.63, 3.8) is 0 Å². The van der Waals surface area contributed by atoms with Crippen LogP contribution in [0.4, 0.5) is 0 Å². The lowest BCUT2D eigenvalue weighted by Gasteiger charge is -2.47. The summed E-state index contributed by atoms with van der Waals surface area (Å²) in [7, 11) is 2.27. The molecule has 2 aliphatic heterocycles. The summed E-state index contributed by atoms with van der Waals surface area (Å²) in [5.41, 5.74) is 0. The Hall–Kier alpha value is -0.610. The van der Waals surface area contributed by atoms with Crippen LogP contribution in [0.15, 0.2) is 0 Å². The fraction of sp³-hybridized carbons (Fsp3) is 0.933. The molecule has 2 atom stereocenters. The molecule has 0 aromatic heterocycles. The van der Waals surface area contributed by atoms with E-state index in [-0.39, 0.29) is 5.91 Å². The lowest BCUT2D eigenvalue weighted by molar-refractivity contribution is -0.120. The number of hydrogen-bond donors (Lipinski definition) is 2. The van der Waals surface area contributed by atoms with E-state index in [1.807, 2.05) is 0 Å². The van der Waals surface area contributed by atoms with Gasteiger partial charge in [0.15, 0.2) is 0 Å². The molecule has 4 heteroatoms. The Kier molecular flexibility index (Phi) is 5.64. The van der Waals surface area contributed by atoms with Crippen LogP contribution in [0.25, 0.3) is 0 Å². The zero-order valence-corrected chi connectivity index (χ0v) is 12.5. The third-order valence-corrected chi connectivity index (χ3v) is 4.74. The van der Waals surface area contributed by atoms with Gasteiger partial charge in [-0.15, -0.1) is 0 Å². The van der Waals surface area contributed by atoms with Crippen LogP contribution in [0.2, 0.25) is 0 Å². The second kappa shape index (κ2) is 7.25. The first kappa shape index (κ1) is 14.8. The number of nitrogens with zero attached hydrogens (tertiary/aromatic N) is 1. The summed E-state index contributed by atoms with van der Waals surface area (Å²) in [5, 5.41) is 6.43. The molecule has 2 rings (SSSR count). The number of hydrogen-bond acceptors (Lipinski definition) is 3. The van der Waals surface area contributed by atoms with Crippen LogP contribution in [-0.4, -0.2) is 49.1 Å². The molecule has 0 saturated carbocycles. The molecule has 4 nitrogen and oxygen atoms in total. The number of fused-ring (bicyclic) bond motifs is 2. The number of unbranched alkanes of at least 4 members (excludes halogenated alkanes) is 1. The van der Waals surface area contributed by atoms with Gasteiger partial charge in [-0.25, -0.2) is 0 Å². The van der Waals surface area contributed by atoms with Gasteiger partial charge in [-0.1, -0.05) is 19.8 Å². The van der Waals surface area contributed by atoms with Gasteiger partial charge in [0.1, 0.15) is 0 Å². The van der Waals surface area contributed by atoms with E-state index < -0.39 is 0 Å². The minimum atomic E-state index is 0.150. The molecule has 2 N–H and O–H groups in total. The minimum Gasteiger partial charge on any atom is -0.355 e. The second-order valence-corrected chi connectivity index (χ2v) is 6.16. The van der Waals surface area contributed by atoms with Gasteiger partial charge in [-0.05, 0) is 39.2 Å². The van der Waals surface area contributed by atoms with E-state index in [1.54, 1.807) is 0 Å². The fourth-order valence-corrected chi connectivity index (χ4v) is 3.49. The summed E-state index contributed by atoms with van der Waals surface area (Å²) in [4.78, 5) is 14.2. The third-order valence-electron chi connectivity index (χ3n) is 4.74. The van der Waals surface area contributed by atoms with Crippen molar-refractivity contribution >= 4 is 5.91 Å². The molecule has 2 aliphatic rings. The Morgan fingerprint density at radius 2 is 1.95 bits per heavy atom. The van der Waals surface area contributed by atoms with Crippen molar-refractivity contribution in [1.29, 1.82) is 0 Å². The maximum Gasteiger partial charge on any atom is 0.233 e. The first-order chi connectivity index (χ1) is 9.20. The Morgan fingerprint density at radius 3 is 2.58 bits per heavy atom. The largest absolute Gasteiger partial charge is 0.355 e. The molecule has 1 amide bonds. The standard InChI is InChI=1S/C15H29N3O/c1-3-4-8-16-15(19)11-17-12-9-13-6-5-7-14(10-12)18(13)2/h12-14,17H,3-11H2,1-2H3,(H,16,19). The van der Waals surface area contributed by atoms with Crippen LogP contribution >= 0.6 is 0 Å². The first-order valence-electron chi connectivity index (χ1n) is 7.92. The average molecular weight is 267 g/mol. The molecular weight excluding hydrogens is 238 g/mol. The highest BCUT2D eigenvalue weighted by atomic mass is 16.1. The van der Waals surface area contributed by atoms with Crippen LogP contribution < -0.4 is 10.6 Å². The Labute approximate surface area is 117 Å². The summed E-state index contributed by atoms with van der Waals surface area (Å²) in [6.45, 7) is 3.44. The zero-order chi connectivity index (χ0) is 13.7. The predicted octanol–water partition coefficient (Wildman–Crippen LogP) is 1.51. The van der Waals surface area contributed by atoms with Crippen molar-refractivity contribution in [2.24, 2.45) is 0 Å². The highest BCUT2D eigenvalue weighted by molar-refractivity contribution is 5.77. The summed E-state index contributed by atoms with van der Waals surface area (Å²) < 4.78 is 0. The van der Waals surface area contributed by atoms with E-state index in [2.05, 4.69) is 29.5 Å². The molecule has 0 aromatic carbocycles. The van der Waals surface area contributed by atoms with Crippen molar-refractivity contribution in [2.75, 3.05) is 20.1 Å². The quantitative estimate of drug-likeness (QED) is 0.717. The van der Waals surface area contributed by atoms with E-state index in [9.17, 15) is 4.79 Å². The molecule has 2 fully saturated rings. The van der Waals surface area contributed by atoms with Gasteiger partial charge in [-0.2, -0.15) is 0 Å². The molecule has 2 unspecified atom stereocenters. The fourth-order valence-electron chi connectivity index (χ4n) is 3.49. The number of carbonyl (C=O) groups excluding carboxylic acids is 1. The van der Waals surface area contributed by atoms with Crippen molar-refractivity contribution in [3.05, 3.63) is 0 Å². The molecule has 19 heavy (non-hydrogen) atoms. The van der Waals surface area contributed by atoms with Crippen LogP contribution in [0, 0.1) is 0 Å². The normalized spacial score (nSPS) is 31.2. The van der Waals surface area contributed by atoms with Crippen molar-refractivity contribution in [2.45, 2.75) is 70.0 Å². The molecule has 2 saturated heterocycles. The number of nitrogens with one attached hydrogen (secondary N) is 2. The first-order valence-corrected chi connectivity index (χ1v) is 7.92. The predicted molar refractivity (Wildman–Crippen MR) is 78.1 cm³/mol. The lowest BCUT2D eigenvalue weighted by Crippen LogP contribution is -2.55. The molecule has 0 aliphatic carbocycles. The molecule has 2 bridgehead atoms. The molecule has 0 aromatic rings. The van der Waals surface area contributed by atoms with E-state index in [4.69, 9.17) is 0 Å². The summed E-state index contributed by atoms with van der Waals surface area (Å²) in [5.74, 6) is 0.150. The second-order valence-electron chi connectivity index (χ2n) is 6.16. The van der Waals surface area contributed by atoms with Crippen LogP contribution in [0.1, 0.15) is 51.9 Å². The van der Waals surface area contributed by atoms with Crippen LogP contribution in [0.3, 0.4) is 0 Å². The van der Waals surface area contributed by atoms with Gasteiger partial charge in [0.25, 0.3) is 0 Å². The average Bonchev–Trinajstić information content (AvgIpc) is 2.37. The summed E-state index contributed by atoms with van der Waals surface area (Å²) in [6.07, 6.45) is 8.65. The van der Waals surface area contributed by atoms with Gasteiger partial charge in [0, 0.05) is 24.7 Å². The van der Waals surface area contributed by atoms with Gasteiger partial charge in [0.05, 0.1) is 6.54 Å².